The van der Waals surface area contributed by atoms with Crippen LogP contribution in [0.3, 0.4) is 0 Å². The van der Waals surface area contributed by atoms with Crippen LogP contribution < -0.4 is 11.1 Å². The van der Waals surface area contributed by atoms with Crippen molar-refractivity contribution in [1.29, 1.82) is 0 Å². The van der Waals surface area contributed by atoms with Gasteiger partial charge in [0.25, 0.3) is 5.69 Å². The van der Waals surface area contributed by atoms with Gasteiger partial charge in [0.05, 0.1) is 10.5 Å². The highest BCUT2D eigenvalue weighted by Crippen LogP contribution is 2.23. The number of hydrogen-bond acceptors (Lipinski definition) is 7. The monoisotopic (exact) mass is 399 g/mol. The summed E-state index contributed by atoms with van der Waals surface area (Å²) in [4.78, 5) is 46.4. The van der Waals surface area contributed by atoms with E-state index >= 15 is 0 Å². The molecule has 0 unspecified atom stereocenters. The van der Waals surface area contributed by atoms with Gasteiger partial charge in [-0.25, -0.2) is 4.79 Å². The van der Waals surface area contributed by atoms with E-state index < -0.39 is 34.4 Å². The van der Waals surface area contributed by atoms with Gasteiger partial charge >= 0.3 is 5.97 Å². The lowest BCUT2D eigenvalue weighted by Gasteiger charge is -2.17. The fourth-order valence-corrected chi connectivity index (χ4v) is 2.18. The number of nitrogen functional groups attached to an aromatic ring is 1. The zero-order valence-electron chi connectivity index (χ0n) is 16.2. The highest BCUT2D eigenvalue weighted by molar-refractivity contribution is 6.00. The predicted molar refractivity (Wildman–Crippen MR) is 107 cm³/mol. The van der Waals surface area contributed by atoms with Crippen molar-refractivity contribution in [2.75, 3.05) is 17.7 Å². The first kappa shape index (κ1) is 21.5. The minimum atomic E-state index is -0.879. The van der Waals surface area contributed by atoms with Crippen LogP contribution in [0.15, 0.2) is 42.5 Å². The van der Waals surface area contributed by atoms with E-state index in [1.54, 1.807) is 32.9 Å². The molecule has 2 rings (SSSR count). The predicted octanol–water partition coefficient (Wildman–Crippen LogP) is 3.20. The maximum absolute atomic E-state index is 12.2. The van der Waals surface area contributed by atoms with Crippen LogP contribution in [0.5, 0.6) is 0 Å². The first-order valence-corrected chi connectivity index (χ1v) is 8.65. The molecule has 29 heavy (non-hydrogen) atoms. The number of esters is 1. The second-order valence-corrected chi connectivity index (χ2v) is 7.31. The molecule has 0 heterocycles. The van der Waals surface area contributed by atoms with Gasteiger partial charge in [-0.2, -0.15) is 0 Å². The van der Waals surface area contributed by atoms with Crippen molar-refractivity contribution < 1.29 is 24.0 Å². The van der Waals surface area contributed by atoms with Crippen molar-refractivity contribution in [2.45, 2.75) is 20.8 Å². The molecule has 0 spiro atoms. The first-order chi connectivity index (χ1) is 13.5. The highest BCUT2D eigenvalue weighted by atomic mass is 16.6. The number of benzene rings is 2. The van der Waals surface area contributed by atoms with Crippen LogP contribution in [-0.4, -0.2) is 29.2 Å². The van der Waals surface area contributed by atoms with Gasteiger partial charge in [-0.05, 0) is 36.4 Å². The number of nitro benzene ring substituents is 1. The Balaban J connectivity index is 1.99. The molecule has 0 aliphatic carbocycles. The summed E-state index contributed by atoms with van der Waals surface area (Å²) in [5, 5.41) is 13.6. The second kappa shape index (κ2) is 8.51. The molecule has 2 aromatic rings. The Morgan fingerprint density at radius 2 is 1.66 bits per heavy atom. The summed E-state index contributed by atoms with van der Waals surface area (Å²) in [5.41, 5.74) is 5.16. The van der Waals surface area contributed by atoms with Crippen molar-refractivity contribution in [3.05, 3.63) is 63.7 Å². The Morgan fingerprint density at radius 1 is 1.07 bits per heavy atom. The average molecular weight is 399 g/mol. The van der Waals surface area contributed by atoms with Crippen LogP contribution in [-0.2, 0) is 9.53 Å². The standard InChI is InChI=1S/C20H21N3O6/c1-20(2,3)19(26)22-14-7-4-12(5-8-14)17(24)11-29-18(25)13-6-9-15(21)16(10-13)23(27)28/h4-10H,11,21H2,1-3H3,(H,22,26). The van der Waals surface area contributed by atoms with E-state index in [0.717, 1.165) is 6.07 Å². The van der Waals surface area contributed by atoms with E-state index in [9.17, 15) is 24.5 Å². The summed E-state index contributed by atoms with van der Waals surface area (Å²) in [6.45, 7) is 4.81. The van der Waals surface area contributed by atoms with Gasteiger partial charge < -0.3 is 15.8 Å². The van der Waals surface area contributed by atoms with Gasteiger partial charge in [0.2, 0.25) is 5.91 Å². The number of nitrogens with zero attached hydrogens (tertiary/aromatic N) is 1. The van der Waals surface area contributed by atoms with Gasteiger partial charge in [0.15, 0.2) is 12.4 Å². The SMILES string of the molecule is CC(C)(C)C(=O)Nc1ccc(C(=O)COC(=O)c2ccc(N)c([N+](=O)[O-])c2)cc1. The molecule has 0 saturated carbocycles. The van der Waals surface area contributed by atoms with Crippen LogP contribution in [0.25, 0.3) is 0 Å². The summed E-state index contributed by atoms with van der Waals surface area (Å²) in [6, 6.07) is 9.65. The molecule has 0 fully saturated rings. The van der Waals surface area contributed by atoms with Crippen LogP contribution in [0.1, 0.15) is 41.5 Å². The lowest BCUT2D eigenvalue weighted by Crippen LogP contribution is -2.27. The number of carbonyl (C=O) groups excluding carboxylic acids is 3. The van der Waals surface area contributed by atoms with Gasteiger partial charge in [-0.3, -0.25) is 19.7 Å². The number of nitrogens with two attached hydrogens (primary N) is 1. The summed E-state index contributed by atoms with van der Waals surface area (Å²) in [7, 11) is 0. The molecular weight excluding hydrogens is 378 g/mol. The van der Waals surface area contributed by atoms with E-state index in [1.165, 1.54) is 24.3 Å². The van der Waals surface area contributed by atoms with E-state index in [0.29, 0.717) is 5.69 Å². The van der Waals surface area contributed by atoms with E-state index in [2.05, 4.69) is 5.32 Å². The zero-order valence-corrected chi connectivity index (χ0v) is 16.2. The fourth-order valence-electron chi connectivity index (χ4n) is 2.18. The second-order valence-electron chi connectivity index (χ2n) is 7.31. The van der Waals surface area contributed by atoms with E-state index in [4.69, 9.17) is 10.5 Å². The maximum atomic E-state index is 12.2. The Kier molecular flexibility index (Phi) is 6.32. The van der Waals surface area contributed by atoms with Crippen LogP contribution >= 0.6 is 0 Å². The number of ketones is 1. The van der Waals surface area contributed by atoms with Gasteiger partial charge in [-0.1, -0.05) is 20.8 Å². The van der Waals surface area contributed by atoms with Crippen molar-refractivity contribution in [1.82, 2.24) is 0 Å². The quantitative estimate of drug-likeness (QED) is 0.250. The van der Waals surface area contributed by atoms with Crippen molar-refractivity contribution in [3.8, 4) is 0 Å². The minimum Gasteiger partial charge on any atom is -0.454 e. The van der Waals surface area contributed by atoms with E-state index in [-0.39, 0.29) is 22.7 Å². The first-order valence-electron chi connectivity index (χ1n) is 8.65. The lowest BCUT2D eigenvalue weighted by molar-refractivity contribution is -0.383. The van der Waals surface area contributed by atoms with Crippen molar-refractivity contribution in [3.63, 3.8) is 0 Å². The van der Waals surface area contributed by atoms with Gasteiger partial charge in [-0.15, -0.1) is 0 Å². The molecule has 0 atom stereocenters. The Bertz CT molecular complexity index is 961. The number of rotatable bonds is 6. The molecular formula is C20H21N3O6. The Hall–Kier alpha value is -3.75. The number of hydrogen-bond donors (Lipinski definition) is 2. The third-order valence-electron chi connectivity index (χ3n) is 3.94. The number of Topliss-reactive ketones (excluding diaryl/α,β-unsaturated/α-hetero) is 1. The molecule has 0 bridgehead atoms. The topological polar surface area (TPSA) is 142 Å². The number of anilines is 2. The number of nitro groups is 1. The number of ether oxygens (including phenoxy) is 1. The maximum Gasteiger partial charge on any atom is 0.338 e. The molecule has 9 nitrogen and oxygen atoms in total. The largest absolute Gasteiger partial charge is 0.454 e. The molecule has 152 valence electrons. The Morgan fingerprint density at radius 3 is 2.21 bits per heavy atom. The molecule has 2 aromatic carbocycles. The molecule has 0 saturated heterocycles. The van der Waals surface area contributed by atoms with Gasteiger partial charge in [0, 0.05) is 22.7 Å². The normalized spacial score (nSPS) is 10.9. The van der Waals surface area contributed by atoms with Crippen LogP contribution in [0.2, 0.25) is 0 Å². The lowest BCUT2D eigenvalue weighted by atomic mass is 9.95. The van der Waals surface area contributed by atoms with E-state index in [1.807, 2.05) is 0 Å². The summed E-state index contributed by atoms with van der Waals surface area (Å²) >= 11 is 0. The number of carbonyl (C=O) groups is 3. The van der Waals surface area contributed by atoms with Crippen LogP contribution in [0.4, 0.5) is 17.1 Å². The third kappa shape index (κ3) is 5.61. The Labute approximate surface area is 167 Å². The van der Waals surface area contributed by atoms with Gasteiger partial charge in [0.1, 0.15) is 5.69 Å². The summed E-state index contributed by atoms with van der Waals surface area (Å²) in [5.74, 6) is -1.50. The van der Waals surface area contributed by atoms with Crippen molar-refractivity contribution in [2.24, 2.45) is 5.41 Å². The molecule has 0 aromatic heterocycles. The molecule has 0 aliphatic rings. The number of amides is 1. The molecule has 9 heteroatoms. The minimum absolute atomic E-state index is 0.0822. The molecule has 3 N–H and O–H groups in total. The zero-order chi connectivity index (χ0) is 21.8. The van der Waals surface area contributed by atoms with Crippen molar-refractivity contribution >= 4 is 34.7 Å². The third-order valence-corrected chi connectivity index (χ3v) is 3.94. The molecule has 0 radical (unpaired) electrons. The number of nitrogens with one attached hydrogen (secondary N) is 1. The molecule has 1 amide bonds. The molecule has 0 aliphatic heterocycles. The summed E-state index contributed by atoms with van der Waals surface area (Å²) < 4.78 is 4.94. The average Bonchev–Trinajstić information content (AvgIpc) is 2.65. The summed E-state index contributed by atoms with van der Waals surface area (Å²) in [6.07, 6.45) is 0. The fraction of sp³-hybridized carbons (Fsp3) is 0.250. The van der Waals surface area contributed by atoms with Crippen LogP contribution in [0, 0.1) is 15.5 Å². The highest BCUT2D eigenvalue weighted by Gasteiger charge is 2.21. The smallest absolute Gasteiger partial charge is 0.338 e.